The molecule has 0 aromatic heterocycles. The van der Waals surface area contributed by atoms with Gasteiger partial charge >= 0.3 is 0 Å². The lowest BCUT2D eigenvalue weighted by Gasteiger charge is -2.05. The van der Waals surface area contributed by atoms with Crippen LogP contribution in [0.4, 0.5) is 0 Å². The second-order valence-corrected chi connectivity index (χ2v) is 7.74. The van der Waals surface area contributed by atoms with Crippen molar-refractivity contribution < 1.29 is 13.3 Å². The predicted octanol–water partition coefficient (Wildman–Crippen LogP) is 4.40. The van der Waals surface area contributed by atoms with E-state index in [4.69, 9.17) is 16.4 Å². The molecule has 2 aromatic carbocycles. The summed E-state index contributed by atoms with van der Waals surface area (Å²) in [6.45, 7) is 3.99. The molecular weight excluding hydrogens is 334 g/mol. The molecule has 0 bridgehead atoms. The van der Waals surface area contributed by atoms with Crippen LogP contribution in [0.1, 0.15) is 31.2 Å². The van der Waals surface area contributed by atoms with Crippen LogP contribution in [0.3, 0.4) is 0 Å². The summed E-state index contributed by atoms with van der Waals surface area (Å²) in [6, 6.07) is 13.6. The summed E-state index contributed by atoms with van der Waals surface area (Å²) in [5, 5.41) is 0.487. The molecule has 0 aliphatic carbocycles. The Morgan fingerprint density at radius 1 is 1.13 bits per heavy atom. The average molecular weight is 350 g/mol. The third-order valence-corrected chi connectivity index (χ3v) is 5.28. The van der Waals surface area contributed by atoms with Crippen molar-refractivity contribution in [3.63, 3.8) is 0 Å². The molecule has 1 aliphatic rings. The third-order valence-electron chi connectivity index (χ3n) is 3.40. The molecule has 4 nitrogen and oxygen atoms in total. The fourth-order valence-electron chi connectivity index (χ4n) is 2.31. The molecule has 3 rings (SSSR count). The maximum absolute atomic E-state index is 12.6. The Kier molecular flexibility index (Phi) is 4.29. The van der Waals surface area contributed by atoms with Crippen molar-refractivity contribution in [2.45, 2.75) is 25.0 Å². The van der Waals surface area contributed by atoms with Crippen molar-refractivity contribution in [2.75, 3.05) is 0 Å². The average Bonchev–Trinajstić information content (AvgIpc) is 3.29. The number of allylic oxidation sites excluding steroid dienone is 1. The Balaban J connectivity index is 1.90. The van der Waals surface area contributed by atoms with Crippen molar-refractivity contribution in [1.82, 2.24) is 4.47 Å². The number of halogens is 1. The van der Waals surface area contributed by atoms with E-state index >= 15 is 0 Å². The minimum absolute atomic E-state index is 0.157. The lowest BCUT2D eigenvalue weighted by atomic mass is 10.1. The molecule has 2 unspecified atom stereocenters. The summed E-state index contributed by atoms with van der Waals surface area (Å²) in [4.78, 5) is 5.51. The van der Waals surface area contributed by atoms with Crippen molar-refractivity contribution >= 4 is 27.7 Å². The van der Waals surface area contributed by atoms with E-state index in [0.29, 0.717) is 5.02 Å². The van der Waals surface area contributed by atoms with E-state index in [1.807, 2.05) is 44.2 Å². The molecular formula is C17H16ClNO3S. The first kappa shape index (κ1) is 16.2. The van der Waals surface area contributed by atoms with Gasteiger partial charge in [-0.15, -0.1) is 0 Å². The summed E-state index contributed by atoms with van der Waals surface area (Å²) < 4.78 is 26.2. The highest BCUT2D eigenvalue weighted by Gasteiger charge is 2.49. The van der Waals surface area contributed by atoms with Crippen molar-refractivity contribution in [3.05, 3.63) is 70.3 Å². The highest BCUT2D eigenvalue weighted by molar-refractivity contribution is 7.89. The van der Waals surface area contributed by atoms with Gasteiger partial charge in [-0.3, -0.25) is 4.84 Å². The van der Waals surface area contributed by atoms with Gasteiger partial charge in [0.15, 0.2) is 6.23 Å². The monoisotopic (exact) mass is 349 g/mol. The molecule has 23 heavy (non-hydrogen) atoms. The van der Waals surface area contributed by atoms with E-state index in [0.717, 1.165) is 21.2 Å². The Labute approximate surface area is 141 Å². The second kappa shape index (κ2) is 6.09. The molecule has 1 aliphatic heterocycles. The number of hydroxylamine groups is 1. The molecule has 0 radical (unpaired) electrons. The number of sulfonamides is 1. The van der Waals surface area contributed by atoms with Gasteiger partial charge < -0.3 is 0 Å². The summed E-state index contributed by atoms with van der Waals surface area (Å²) >= 11 is 5.80. The van der Waals surface area contributed by atoms with Crippen LogP contribution in [-0.4, -0.2) is 12.9 Å². The standard InChI is InChI=1S/C17H16ClNO3S/c1-12(2)11-13-5-3-4-6-16(13)17-19(22-17)23(20,21)15-9-7-14(18)8-10-15/h3-11,17H,1-2H3. The lowest BCUT2D eigenvalue weighted by molar-refractivity contribution is 0.283. The topological polar surface area (TPSA) is 49.7 Å². The maximum atomic E-state index is 12.6. The van der Waals surface area contributed by atoms with Gasteiger partial charge in [0.05, 0.1) is 4.90 Å². The van der Waals surface area contributed by atoms with Crippen LogP contribution >= 0.6 is 11.6 Å². The third kappa shape index (κ3) is 3.33. The molecule has 1 saturated heterocycles. The molecule has 0 amide bonds. The fourth-order valence-corrected chi connectivity index (χ4v) is 3.69. The normalized spacial score (nSPS) is 20.1. The van der Waals surface area contributed by atoms with Gasteiger partial charge in [0.25, 0.3) is 10.0 Å². The molecule has 6 heteroatoms. The lowest BCUT2D eigenvalue weighted by Crippen LogP contribution is -2.12. The van der Waals surface area contributed by atoms with Crippen LogP contribution in [0.15, 0.2) is 59.0 Å². The van der Waals surface area contributed by atoms with E-state index in [1.165, 1.54) is 12.1 Å². The SMILES string of the molecule is CC(C)=Cc1ccccc1C1ON1S(=O)(=O)c1ccc(Cl)cc1. The van der Waals surface area contributed by atoms with Crippen LogP contribution < -0.4 is 0 Å². The van der Waals surface area contributed by atoms with E-state index < -0.39 is 16.3 Å². The van der Waals surface area contributed by atoms with Crippen LogP contribution in [0.25, 0.3) is 6.08 Å². The van der Waals surface area contributed by atoms with E-state index in [9.17, 15) is 8.42 Å². The molecule has 0 spiro atoms. The van der Waals surface area contributed by atoms with E-state index in [2.05, 4.69) is 0 Å². The molecule has 1 heterocycles. The van der Waals surface area contributed by atoms with Gasteiger partial charge in [-0.05, 0) is 48.1 Å². The zero-order valence-electron chi connectivity index (χ0n) is 12.7. The fraction of sp³-hybridized carbons (Fsp3) is 0.176. The van der Waals surface area contributed by atoms with E-state index in [-0.39, 0.29) is 4.90 Å². The van der Waals surface area contributed by atoms with Crippen LogP contribution in [-0.2, 0) is 14.9 Å². The number of benzene rings is 2. The van der Waals surface area contributed by atoms with Crippen LogP contribution in [0, 0.1) is 0 Å². The van der Waals surface area contributed by atoms with Gasteiger partial charge in [0.1, 0.15) is 0 Å². The van der Waals surface area contributed by atoms with E-state index in [1.54, 1.807) is 12.1 Å². The first-order valence-electron chi connectivity index (χ1n) is 7.10. The summed E-state index contributed by atoms with van der Waals surface area (Å²) in [6.07, 6.45) is 1.41. The highest BCUT2D eigenvalue weighted by atomic mass is 35.5. The summed E-state index contributed by atoms with van der Waals surface area (Å²) in [5.74, 6) is 0. The van der Waals surface area contributed by atoms with Crippen LogP contribution in [0.2, 0.25) is 5.02 Å². The van der Waals surface area contributed by atoms with Gasteiger partial charge in [-0.2, -0.15) is 0 Å². The summed E-state index contributed by atoms with van der Waals surface area (Å²) in [5.41, 5.74) is 2.91. The first-order chi connectivity index (χ1) is 10.9. The molecule has 1 fully saturated rings. The minimum Gasteiger partial charge on any atom is -0.253 e. The van der Waals surface area contributed by atoms with Gasteiger partial charge in [-0.1, -0.05) is 47.5 Å². The molecule has 120 valence electrons. The first-order valence-corrected chi connectivity index (χ1v) is 8.92. The van der Waals surface area contributed by atoms with Crippen molar-refractivity contribution in [2.24, 2.45) is 0 Å². The molecule has 0 saturated carbocycles. The zero-order valence-corrected chi connectivity index (χ0v) is 14.3. The Morgan fingerprint density at radius 2 is 1.78 bits per heavy atom. The smallest absolute Gasteiger partial charge is 0.253 e. The quantitative estimate of drug-likeness (QED) is 0.769. The van der Waals surface area contributed by atoms with Gasteiger partial charge in [0.2, 0.25) is 0 Å². The largest absolute Gasteiger partial charge is 0.267 e. The van der Waals surface area contributed by atoms with Crippen LogP contribution in [0.5, 0.6) is 0 Å². The Morgan fingerprint density at radius 3 is 2.43 bits per heavy atom. The highest BCUT2D eigenvalue weighted by Crippen LogP contribution is 2.43. The Bertz CT molecular complexity index is 856. The number of rotatable bonds is 4. The second-order valence-electron chi connectivity index (χ2n) is 5.52. The number of hydrogen-bond acceptors (Lipinski definition) is 3. The molecule has 2 aromatic rings. The number of nitrogens with zero attached hydrogens (tertiary/aromatic N) is 1. The van der Waals surface area contributed by atoms with Gasteiger partial charge in [-0.25, -0.2) is 8.42 Å². The predicted molar refractivity (Wildman–Crippen MR) is 90.1 cm³/mol. The molecule has 2 atom stereocenters. The minimum atomic E-state index is -3.69. The Hall–Kier alpha value is -1.66. The molecule has 0 N–H and O–H groups in total. The number of hydrogen-bond donors (Lipinski definition) is 0. The van der Waals surface area contributed by atoms with Crippen molar-refractivity contribution in [1.29, 1.82) is 0 Å². The maximum Gasteiger partial charge on any atom is 0.267 e. The van der Waals surface area contributed by atoms with Gasteiger partial charge in [0, 0.05) is 10.6 Å². The summed E-state index contributed by atoms with van der Waals surface area (Å²) in [7, 11) is -3.69. The van der Waals surface area contributed by atoms with Crippen molar-refractivity contribution in [3.8, 4) is 0 Å². The zero-order chi connectivity index (χ0) is 16.6.